The van der Waals surface area contributed by atoms with E-state index in [1.807, 2.05) is 0 Å². The summed E-state index contributed by atoms with van der Waals surface area (Å²) in [5.74, 6) is 1.44. The maximum absolute atomic E-state index is 12.7. The lowest BCUT2D eigenvalue weighted by Crippen LogP contribution is -2.34. The third kappa shape index (κ3) is 4.79. The molecule has 0 bridgehead atoms. The van der Waals surface area contributed by atoms with Gasteiger partial charge in [0, 0.05) is 49.7 Å². The molecule has 2 amide bonds. The first-order valence-corrected chi connectivity index (χ1v) is 12.1. The van der Waals surface area contributed by atoms with Crippen LogP contribution < -0.4 is 25.2 Å². The number of amides is 2. The van der Waals surface area contributed by atoms with E-state index in [4.69, 9.17) is 9.72 Å². The Bertz CT molecular complexity index is 1260. The number of aromatic nitrogens is 3. The number of pyridine rings is 1. The number of carbonyl (C=O) groups excluding carboxylic acids is 2. The average Bonchev–Trinajstić information content (AvgIpc) is 3.40. The van der Waals surface area contributed by atoms with Crippen LogP contribution in [0, 0.1) is 0 Å². The molecule has 1 saturated carbocycles. The van der Waals surface area contributed by atoms with E-state index in [1.54, 1.807) is 68.0 Å². The van der Waals surface area contributed by atoms with Crippen LogP contribution >= 0.6 is 0 Å². The Morgan fingerprint density at radius 3 is 2.67 bits per heavy atom. The molecule has 0 radical (unpaired) electrons. The minimum absolute atomic E-state index is 0.0587. The van der Waals surface area contributed by atoms with E-state index in [0.29, 0.717) is 53.3 Å². The number of rotatable bonds is 6. The monoisotopic (exact) mass is 487 g/mol. The number of ether oxygens (including phenoxy) is 1. The van der Waals surface area contributed by atoms with Crippen molar-refractivity contribution in [2.24, 2.45) is 0 Å². The second kappa shape index (κ2) is 10.2. The van der Waals surface area contributed by atoms with Gasteiger partial charge in [0.2, 0.25) is 11.9 Å². The normalized spacial score (nSPS) is 15.9. The Labute approximate surface area is 209 Å². The van der Waals surface area contributed by atoms with Crippen LogP contribution in [0.15, 0.2) is 48.9 Å². The van der Waals surface area contributed by atoms with Gasteiger partial charge in [-0.2, -0.15) is 4.98 Å². The standard InChI is InChI=1S/C26H29N7O3/c1-32-21-16-28-26(31-24(21)33(14-11-23(32)34)19-5-3-4-6-19)30-20-8-7-17(15-22(20)36-2)25(35)29-18-9-12-27-13-10-18/h7-10,12-13,15-16,19H,3-6,11,14H2,1-2H3,(H,27,29,35)(H,28,30,31). The molecule has 186 valence electrons. The van der Waals surface area contributed by atoms with Crippen LogP contribution in [0.2, 0.25) is 0 Å². The lowest BCUT2D eigenvalue weighted by Gasteiger charge is -2.30. The molecule has 36 heavy (non-hydrogen) atoms. The maximum atomic E-state index is 12.7. The zero-order valence-electron chi connectivity index (χ0n) is 20.4. The summed E-state index contributed by atoms with van der Waals surface area (Å²) >= 11 is 0. The van der Waals surface area contributed by atoms with Gasteiger partial charge in [0.05, 0.1) is 19.0 Å². The van der Waals surface area contributed by atoms with Crippen LogP contribution in [0.4, 0.5) is 28.8 Å². The molecule has 1 aliphatic heterocycles. The quantitative estimate of drug-likeness (QED) is 0.537. The van der Waals surface area contributed by atoms with Gasteiger partial charge in [0.15, 0.2) is 5.82 Å². The van der Waals surface area contributed by atoms with E-state index in [-0.39, 0.29) is 11.8 Å². The molecule has 0 atom stereocenters. The van der Waals surface area contributed by atoms with E-state index >= 15 is 0 Å². The second-order valence-electron chi connectivity index (χ2n) is 8.97. The summed E-state index contributed by atoms with van der Waals surface area (Å²) in [6, 6.07) is 8.96. The van der Waals surface area contributed by atoms with Crippen molar-refractivity contribution in [3.05, 3.63) is 54.5 Å². The predicted octanol–water partition coefficient (Wildman–Crippen LogP) is 3.99. The van der Waals surface area contributed by atoms with Crippen LogP contribution in [0.5, 0.6) is 5.75 Å². The Balaban J connectivity index is 1.41. The first kappa shape index (κ1) is 23.5. The second-order valence-corrected chi connectivity index (χ2v) is 8.97. The Morgan fingerprint density at radius 1 is 1.14 bits per heavy atom. The number of anilines is 5. The van der Waals surface area contributed by atoms with E-state index in [1.165, 1.54) is 12.8 Å². The number of carbonyl (C=O) groups is 2. The summed E-state index contributed by atoms with van der Waals surface area (Å²) in [5.41, 5.74) is 2.45. The van der Waals surface area contributed by atoms with E-state index in [9.17, 15) is 9.59 Å². The molecule has 10 heteroatoms. The number of nitrogens with zero attached hydrogens (tertiary/aromatic N) is 5. The Morgan fingerprint density at radius 2 is 1.92 bits per heavy atom. The fraction of sp³-hybridized carbons (Fsp3) is 0.346. The number of nitrogens with one attached hydrogen (secondary N) is 2. The highest BCUT2D eigenvalue weighted by molar-refractivity contribution is 6.05. The minimum Gasteiger partial charge on any atom is -0.495 e. The zero-order valence-corrected chi connectivity index (χ0v) is 20.4. The van der Waals surface area contributed by atoms with Crippen molar-refractivity contribution in [2.45, 2.75) is 38.1 Å². The molecule has 0 saturated heterocycles. The molecule has 10 nitrogen and oxygen atoms in total. The summed E-state index contributed by atoms with van der Waals surface area (Å²) in [7, 11) is 3.32. The summed E-state index contributed by atoms with van der Waals surface area (Å²) in [5, 5.41) is 6.07. The Kier molecular flexibility index (Phi) is 6.66. The lowest BCUT2D eigenvalue weighted by atomic mass is 10.1. The van der Waals surface area contributed by atoms with Gasteiger partial charge < -0.3 is 25.2 Å². The van der Waals surface area contributed by atoms with E-state index < -0.39 is 0 Å². The molecule has 2 aromatic heterocycles. The predicted molar refractivity (Wildman–Crippen MR) is 138 cm³/mol. The highest BCUT2D eigenvalue weighted by Gasteiger charge is 2.31. The number of hydrogen-bond acceptors (Lipinski definition) is 8. The lowest BCUT2D eigenvalue weighted by molar-refractivity contribution is -0.118. The van der Waals surface area contributed by atoms with Crippen molar-refractivity contribution < 1.29 is 14.3 Å². The minimum atomic E-state index is -0.257. The highest BCUT2D eigenvalue weighted by atomic mass is 16.5. The van der Waals surface area contributed by atoms with Crippen molar-refractivity contribution in [3.8, 4) is 5.75 Å². The van der Waals surface area contributed by atoms with Crippen LogP contribution in [-0.4, -0.2) is 53.5 Å². The molecule has 3 heterocycles. The van der Waals surface area contributed by atoms with Gasteiger partial charge in [0.1, 0.15) is 11.4 Å². The fourth-order valence-corrected chi connectivity index (χ4v) is 4.76. The summed E-state index contributed by atoms with van der Waals surface area (Å²) in [4.78, 5) is 42.5. The van der Waals surface area contributed by atoms with Crippen LogP contribution in [0.3, 0.4) is 0 Å². The number of benzene rings is 1. The summed E-state index contributed by atoms with van der Waals surface area (Å²) in [6.07, 6.45) is 9.95. The third-order valence-electron chi connectivity index (χ3n) is 6.74. The zero-order chi connectivity index (χ0) is 25.1. The SMILES string of the molecule is COc1cc(C(=O)Nc2ccncc2)ccc1Nc1ncc2c(n1)N(C1CCCC1)CCC(=O)N2C. The maximum Gasteiger partial charge on any atom is 0.255 e. The molecule has 0 unspecified atom stereocenters. The summed E-state index contributed by atoms with van der Waals surface area (Å²) < 4.78 is 5.55. The molecule has 2 aliphatic rings. The molecule has 5 rings (SSSR count). The van der Waals surface area contributed by atoms with Crippen molar-refractivity contribution in [1.29, 1.82) is 0 Å². The topological polar surface area (TPSA) is 113 Å². The largest absolute Gasteiger partial charge is 0.495 e. The van der Waals surface area contributed by atoms with Crippen LogP contribution in [0.25, 0.3) is 0 Å². The van der Waals surface area contributed by atoms with Gasteiger partial charge in [-0.05, 0) is 43.2 Å². The number of fused-ring (bicyclic) bond motifs is 1. The first-order valence-electron chi connectivity index (χ1n) is 12.1. The van der Waals surface area contributed by atoms with Crippen molar-refractivity contribution in [3.63, 3.8) is 0 Å². The molecule has 1 aromatic carbocycles. The number of methoxy groups -OCH3 is 1. The molecular weight excluding hydrogens is 458 g/mol. The molecule has 2 N–H and O–H groups in total. The third-order valence-corrected chi connectivity index (χ3v) is 6.74. The van der Waals surface area contributed by atoms with Gasteiger partial charge in [0.25, 0.3) is 5.91 Å². The van der Waals surface area contributed by atoms with Crippen LogP contribution in [-0.2, 0) is 4.79 Å². The van der Waals surface area contributed by atoms with E-state index in [0.717, 1.165) is 18.7 Å². The van der Waals surface area contributed by atoms with E-state index in [2.05, 4.69) is 25.5 Å². The first-order chi connectivity index (χ1) is 17.5. The number of hydrogen-bond donors (Lipinski definition) is 2. The molecule has 1 aliphatic carbocycles. The van der Waals surface area contributed by atoms with Gasteiger partial charge in [-0.3, -0.25) is 14.6 Å². The Hall–Kier alpha value is -4.21. The fourth-order valence-electron chi connectivity index (χ4n) is 4.76. The highest BCUT2D eigenvalue weighted by Crippen LogP contribution is 2.37. The smallest absolute Gasteiger partial charge is 0.255 e. The van der Waals surface area contributed by atoms with Gasteiger partial charge in [-0.25, -0.2) is 4.98 Å². The summed E-state index contributed by atoms with van der Waals surface area (Å²) in [6.45, 7) is 0.641. The molecular formula is C26H29N7O3. The van der Waals surface area contributed by atoms with Crippen molar-refractivity contribution in [1.82, 2.24) is 15.0 Å². The average molecular weight is 488 g/mol. The molecule has 0 spiro atoms. The van der Waals surface area contributed by atoms with Crippen LogP contribution in [0.1, 0.15) is 42.5 Å². The molecule has 1 fully saturated rings. The van der Waals surface area contributed by atoms with Gasteiger partial charge in [-0.15, -0.1) is 0 Å². The van der Waals surface area contributed by atoms with Gasteiger partial charge in [-0.1, -0.05) is 12.8 Å². The van der Waals surface area contributed by atoms with Crippen molar-refractivity contribution >= 4 is 40.6 Å². The molecule has 3 aromatic rings. The van der Waals surface area contributed by atoms with Crippen molar-refractivity contribution in [2.75, 3.05) is 41.1 Å². The van der Waals surface area contributed by atoms with Gasteiger partial charge >= 0.3 is 0 Å².